The quantitative estimate of drug-likeness (QED) is 0.775. The van der Waals surface area contributed by atoms with Crippen molar-refractivity contribution in [2.45, 2.75) is 13.0 Å². The van der Waals surface area contributed by atoms with Crippen molar-refractivity contribution in [2.24, 2.45) is 0 Å². The smallest absolute Gasteiger partial charge is 0.330 e. The number of carboxylic acids is 1. The van der Waals surface area contributed by atoms with Crippen molar-refractivity contribution in [1.29, 1.82) is 0 Å². The van der Waals surface area contributed by atoms with E-state index < -0.39 is 12.0 Å². The van der Waals surface area contributed by atoms with Crippen LogP contribution in [0.5, 0.6) is 0 Å². The summed E-state index contributed by atoms with van der Waals surface area (Å²) in [5, 5.41) is 12.2. The van der Waals surface area contributed by atoms with Crippen LogP contribution >= 0.6 is 11.6 Å². The number of halogens is 1. The third-order valence-corrected chi connectivity index (χ3v) is 2.40. The fourth-order valence-corrected chi connectivity index (χ4v) is 1.26. The van der Waals surface area contributed by atoms with Crippen LogP contribution in [-0.2, 0) is 4.79 Å². The minimum atomic E-state index is -0.971. The standard InChI is InChI=1S/C11H12ClNO2/c1-3-10(11(14)15)13-8-5-4-7(2)9(12)6-8/h3-6,10,13H,1H2,2H3,(H,14,15). The van der Waals surface area contributed by atoms with E-state index in [1.165, 1.54) is 6.08 Å². The van der Waals surface area contributed by atoms with Gasteiger partial charge in [0.25, 0.3) is 0 Å². The Hall–Kier alpha value is -1.48. The first-order chi connectivity index (χ1) is 7.04. The Morgan fingerprint density at radius 2 is 2.33 bits per heavy atom. The zero-order chi connectivity index (χ0) is 11.4. The highest BCUT2D eigenvalue weighted by Crippen LogP contribution is 2.20. The Kier molecular flexibility index (Phi) is 3.74. The number of anilines is 1. The predicted molar refractivity (Wildman–Crippen MR) is 61.4 cm³/mol. The average Bonchev–Trinajstić information content (AvgIpc) is 2.19. The first kappa shape index (κ1) is 11.6. The molecular weight excluding hydrogens is 214 g/mol. The van der Waals surface area contributed by atoms with Crippen molar-refractivity contribution in [1.82, 2.24) is 0 Å². The second-order valence-electron chi connectivity index (χ2n) is 3.16. The van der Waals surface area contributed by atoms with Gasteiger partial charge in [-0.05, 0) is 24.6 Å². The third-order valence-electron chi connectivity index (χ3n) is 2.00. The van der Waals surface area contributed by atoms with Crippen LogP contribution in [0.1, 0.15) is 5.56 Å². The van der Waals surface area contributed by atoms with Crippen LogP contribution in [-0.4, -0.2) is 17.1 Å². The molecule has 0 saturated carbocycles. The van der Waals surface area contributed by atoms with E-state index >= 15 is 0 Å². The molecule has 1 unspecified atom stereocenters. The Bertz CT molecular complexity index is 390. The molecule has 1 aromatic rings. The van der Waals surface area contributed by atoms with Crippen molar-refractivity contribution in [3.05, 3.63) is 41.4 Å². The molecule has 0 bridgehead atoms. The molecule has 0 saturated heterocycles. The number of nitrogens with one attached hydrogen (secondary N) is 1. The van der Waals surface area contributed by atoms with Crippen molar-refractivity contribution < 1.29 is 9.90 Å². The molecule has 1 aromatic carbocycles. The summed E-state index contributed by atoms with van der Waals surface area (Å²) in [7, 11) is 0. The largest absolute Gasteiger partial charge is 0.479 e. The molecule has 0 aliphatic heterocycles. The molecule has 0 fully saturated rings. The van der Waals surface area contributed by atoms with Gasteiger partial charge in [-0.15, -0.1) is 6.58 Å². The summed E-state index contributed by atoms with van der Waals surface area (Å²) in [5.74, 6) is -0.971. The van der Waals surface area contributed by atoms with Crippen LogP contribution in [0.15, 0.2) is 30.9 Å². The molecule has 3 nitrogen and oxygen atoms in total. The van der Waals surface area contributed by atoms with E-state index in [-0.39, 0.29) is 0 Å². The van der Waals surface area contributed by atoms with E-state index in [0.717, 1.165) is 5.56 Å². The summed E-state index contributed by atoms with van der Waals surface area (Å²) in [4.78, 5) is 10.7. The lowest BCUT2D eigenvalue weighted by molar-refractivity contribution is -0.136. The monoisotopic (exact) mass is 225 g/mol. The summed E-state index contributed by atoms with van der Waals surface area (Å²) >= 11 is 5.91. The lowest BCUT2D eigenvalue weighted by Crippen LogP contribution is -2.26. The van der Waals surface area contributed by atoms with Crippen molar-refractivity contribution in [2.75, 3.05) is 5.32 Å². The molecule has 15 heavy (non-hydrogen) atoms. The SMILES string of the molecule is C=CC(Nc1ccc(C)c(Cl)c1)C(=O)O. The van der Waals surface area contributed by atoms with Gasteiger partial charge in [0.15, 0.2) is 0 Å². The zero-order valence-electron chi connectivity index (χ0n) is 8.33. The highest BCUT2D eigenvalue weighted by atomic mass is 35.5. The maximum absolute atomic E-state index is 10.7. The fourth-order valence-electron chi connectivity index (χ4n) is 1.08. The molecule has 0 aromatic heterocycles. The topological polar surface area (TPSA) is 49.3 Å². The summed E-state index contributed by atoms with van der Waals surface area (Å²) in [5.41, 5.74) is 1.62. The average molecular weight is 226 g/mol. The number of rotatable bonds is 4. The molecule has 0 spiro atoms. The number of carbonyl (C=O) groups is 1. The first-order valence-electron chi connectivity index (χ1n) is 4.42. The van der Waals surface area contributed by atoms with Gasteiger partial charge < -0.3 is 10.4 Å². The molecule has 0 heterocycles. The third kappa shape index (κ3) is 2.99. The van der Waals surface area contributed by atoms with E-state index in [4.69, 9.17) is 16.7 Å². The normalized spacial score (nSPS) is 11.9. The first-order valence-corrected chi connectivity index (χ1v) is 4.80. The number of aryl methyl sites for hydroxylation is 1. The van der Waals surface area contributed by atoms with Gasteiger partial charge in [0.1, 0.15) is 6.04 Å². The van der Waals surface area contributed by atoms with Gasteiger partial charge >= 0.3 is 5.97 Å². The van der Waals surface area contributed by atoms with Crippen molar-refractivity contribution >= 4 is 23.3 Å². The maximum Gasteiger partial charge on any atom is 0.330 e. The number of carboxylic acid groups (broad SMARTS) is 1. The zero-order valence-corrected chi connectivity index (χ0v) is 9.08. The molecule has 4 heteroatoms. The van der Waals surface area contributed by atoms with E-state index in [1.807, 2.05) is 13.0 Å². The predicted octanol–water partition coefficient (Wildman–Crippen LogP) is 2.70. The minimum absolute atomic E-state index is 0.605. The van der Waals surface area contributed by atoms with Crippen LogP contribution in [0.3, 0.4) is 0 Å². The number of hydrogen-bond donors (Lipinski definition) is 2. The number of benzene rings is 1. The Labute approximate surface area is 93.4 Å². The van der Waals surface area contributed by atoms with Gasteiger partial charge in [-0.3, -0.25) is 0 Å². The lowest BCUT2D eigenvalue weighted by Gasteiger charge is -2.12. The highest BCUT2D eigenvalue weighted by Gasteiger charge is 2.12. The van der Waals surface area contributed by atoms with Crippen molar-refractivity contribution in [3.63, 3.8) is 0 Å². The van der Waals surface area contributed by atoms with Gasteiger partial charge in [0, 0.05) is 10.7 Å². The highest BCUT2D eigenvalue weighted by molar-refractivity contribution is 6.31. The summed E-state index contributed by atoms with van der Waals surface area (Å²) in [6, 6.07) is 4.49. The fraction of sp³-hybridized carbons (Fsp3) is 0.182. The van der Waals surface area contributed by atoms with Gasteiger partial charge in [-0.1, -0.05) is 23.7 Å². The molecule has 2 N–H and O–H groups in total. The van der Waals surface area contributed by atoms with Crippen LogP contribution in [0.25, 0.3) is 0 Å². The molecule has 0 radical (unpaired) electrons. The molecule has 0 aliphatic rings. The Morgan fingerprint density at radius 1 is 1.67 bits per heavy atom. The molecule has 80 valence electrons. The van der Waals surface area contributed by atoms with Crippen LogP contribution in [0.4, 0.5) is 5.69 Å². The van der Waals surface area contributed by atoms with Crippen LogP contribution in [0.2, 0.25) is 5.02 Å². The summed E-state index contributed by atoms with van der Waals surface area (Å²) in [6.45, 7) is 5.33. The van der Waals surface area contributed by atoms with Crippen LogP contribution < -0.4 is 5.32 Å². The van der Waals surface area contributed by atoms with Gasteiger partial charge in [-0.25, -0.2) is 4.79 Å². The van der Waals surface area contributed by atoms with Crippen molar-refractivity contribution in [3.8, 4) is 0 Å². The maximum atomic E-state index is 10.7. The molecule has 0 aliphatic carbocycles. The van der Waals surface area contributed by atoms with E-state index in [1.54, 1.807) is 12.1 Å². The minimum Gasteiger partial charge on any atom is -0.479 e. The summed E-state index contributed by atoms with van der Waals surface area (Å²) < 4.78 is 0. The van der Waals surface area contributed by atoms with E-state index in [0.29, 0.717) is 10.7 Å². The van der Waals surface area contributed by atoms with Gasteiger partial charge in [0.05, 0.1) is 0 Å². The molecule has 0 amide bonds. The second-order valence-corrected chi connectivity index (χ2v) is 3.57. The van der Waals surface area contributed by atoms with Gasteiger partial charge in [0.2, 0.25) is 0 Å². The Morgan fingerprint density at radius 3 is 2.80 bits per heavy atom. The second kappa shape index (κ2) is 4.84. The Balaban J connectivity index is 2.84. The van der Waals surface area contributed by atoms with Gasteiger partial charge in [-0.2, -0.15) is 0 Å². The molecular formula is C11H12ClNO2. The number of aliphatic carboxylic acids is 1. The van der Waals surface area contributed by atoms with Crippen LogP contribution in [0, 0.1) is 6.92 Å². The molecule has 1 rings (SSSR count). The lowest BCUT2D eigenvalue weighted by atomic mass is 10.2. The molecule has 1 atom stereocenters. The number of hydrogen-bond acceptors (Lipinski definition) is 2. The summed E-state index contributed by atoms with van der Waals surface area (Å²) in [6.07, 6.45) is 1.33. The van der Waals surface area contributed by atoms with E-state index in [9.17, 15) is 4.79 Å². The van der Waals surface area contributed by atoms with E-state index in [2.05, 4.69) is 11.9 Å².